The summed E-state index contributed by atoms with van der Waals surface area (Å²) < 4.78 is 0.857. The zero-order chi connectivity index (χ0) is 16.3. The van der Waals surface area contributed by atoms with Gasteiger partial charge in [0, 0.05) is 5.02 Å². The third kappa shape index (κ3) is 3.90. The number of anilines is 1. The number of nitrogen functional groups attached to an aromatic ring is 1. The van der Waals surface area contributed by atoms with Crippen molar-refractivity contribution in [2.45, 2.75) is 12.1 Å². The van der Waals surface area contributed by atoms with Crippen LogP contribution < -0.4 is 16.7 Å². The molecule has 1 aromatic heterocycles. The standard InChI is InChI=1S/C12H11Cl2N5O2S/c1-6-11(21)19(15)12(18-17-6)22-5-10(20)16-9-3-2-7(13)4-8(9)14/h2-4H,5,15H2,1H3,(H,16,20). The summed E-state index contributed by atoms with van der Waals surface area (Å²) in [5.41, 5.74) is 0.166. The molecule has 22 heavy (non-hydrogen) atoms. The van der Waals surface area contributed by atoms with E-state index in [1.807, 2.05) is 0 Å². The highest BCUT2D eigenvalue weighted by molar-refractivity contribution is 7.99. The lowest BCUT2D eigenvalue weighted by molar-refractivity contribution is -0.113. The van der Waals surface area contributed by atoms with Crippen molar-refractivity contribution in [3.8, 4) is 0 Å². The van der Waals surface area contributed by atoms with E-state index in [9.17, 15) is 9.59 Å². The summed E-state index contributed by atoms with van der Waals surface area (Å²) in [7, 11) is 0. The number of hydrogen-bond acceptors (Lipinski definition) is 6. The van der Waals surface area contributed by atoms with Crippen LogP contribution in [0.2, 0.25) is 10.0 Å². The van der Waals surface area contributed by atoms with Gasteiger partial charge in [0.2, 0.25) is 11.1 Å². The fraction of sp³-hybridized carbons (Fsp3) is 0.167. The fourth-order valence-corrected chi connectivity index (χ4v) is 2.58. The van der Waals surface area contributed by atoms with Gasteiger partial charge in [0.15, 0.2) is 0 Å². The Bertz CT molecular complexity index is 781. The Hall–Kier alpha value is -1.77. The number of rotatable bonds is 4. The molecule has 0 radical (unpaired) electrons. The van der Waals surface area contributed by atoms with Crippen molar-refractivity contribution >= 4 is 46.6 Å². The number of benzene rings is 1. The van der Waals surface area contributed by atoms with Crippen LogP contribution in [0.4, 0.5) is 5.69 Å². The van der Waals surface area contributed by atoms with Crippen LogP contribution in [0.25, 0.3) is 0 Å². The summed E-state index contributed by atoms with van der Waals surface area (Å²) in [5, 5.41) is 11.0. The number of hydrogen-bond donors (Lipinski definition) is 2. The van der Waals surface area contributed by atoms with E-state index < -0.39 is 5.56 Å². The molecule has 0 saturated heterocycles. The van der Waals surface area contributed by atoms with Crippen LogP contribution in [0, 0.1) is 6.92 Å². The maximum atomic E-state index is 11.9. The minimum atomic E-state index is -0.460. The maximum absolute atomic E-state index is 11.9. The van der Waals surface area contributed by atoms with Gasteiger partial charge in [-0.2, -0.15) is 4.68 Å². The van der Waals surface area contributed by atoms with Crippen LogP contribution in [0.1, 0.15) is 5.69 Å². The maximum Gasteiger partial charge on any atom is 0.294 e. The Kier molecular flexibility index (Phi) is 5.28. The number of halogens is 2. The molecule has 0 atom stereocenters. The smallest absolute Gasteiger partial charge is 0.294 e. The molecular formula is C12H11Cl2N5O2S. The first-order valence-electron chi connectivity index (χ1n) is 5.97. The van der Waals surface area contributed by atoms with Crippen LogP contribution in [0.15, 0.2) is 28.2 Å². The van der Waals surface area contributed by atoms with E-state index in [0.29, 0.717) is 15.7 Å². The summed E-state index contributed by atoms with van der Waals surface area (Å²) in [6.45, 7) is 1.50. The predicted octanol–water partition coefficient (Wildman–Crippen LogP) is 1.70. The molecule has 0 aliphatic carbocycles. The van der Waals surface area contributed by atoms with Gasteiger partial charge in [-0.25, -0.2) is 0 Å². The molecule has 0 bridgehead atoms. The van der Waals surface area contributed by atoms with Crippen molar-refractivity contribution in [1.29, 1.82) is 0 Å². The van der Waals surface area contributed by atoms with E-state index in [0.717, 1.165) is 16.4 Å². The monoisotopic (exact) mass is 359 g/mol. The van der Waals surface area contributed by atoms with Gasteiger partial charge in [0.25, 0.3) is 5.56 Å². The molecular weight excluding hydrogens is 349 g/mol. The highest BCUT2D eigenvalue weighted by atomic mass is 35.5. The number of aryl methyl sites for hydroxylation is 1. The first-order valence-corrected chi connectivity index (χ1v) is 7.71. The topological polar surface area (TPSA) is 103 Å². The van der Waals surface area contributed by atoms with Crippen LogP contribution in [-0.4, -0.2) is 26.5 Å². The number of carbonyl (C=O) groups is 1. The van der Waals surface area contributed by atoms with Gasteiger partial charge >= 0.3 is 0 Å². The summed E-state index contributed by atoms with van der Waals surface area (Å²) in [6.07, 6.45) is 0. The quantitative estimate of drug-likeness (QED) is 0.636. The molecule has 1 heterocycles. The van der Waals surface area contributed by atoms with Gasteiger partial charge in [-0.1, -0.05) is 35.0 Å². The number of carbonyl (C=O) groups excluding carboxylic acids is 1. The minimum absolute atomic E-state index is 0.00661. The summed E-state index contributed by atoms with van der Waals surface area (Å²) in [5.74, 6) is 5.24. The van der Waals surface area contributed by atoms with Crippen molar-refractivity contribution in [2.24, 2.45) is 0 Å². The number of nitrogens with one attached hydrogen (secondary N) is 1. The van der Waals surface area contributed by atoms with Crippen molar-refractivity contribution in [1.82, 2.24) is 14.9 Å². The van der Waals surface area contributed by atoms with Crippen LogP contribution in [0.5, 0.6) is 0 Å². The predicted molar refractivity (Wildman–Crippen MR) is 87.0 cm³/mol. The molecule has 2 rings (SSSR count). The SMILES string of the molecule is Cc1nnc(SCC(=O)Nc2ccc(Cl)cc2Cl)n(N)c1=O. The Labute approximate surface area is 139 Å². The molecule has 0 aliphatic heterocycles. The third-order valence-corrected chi connectivity index (χ3v) is 4.05. The van der Waals surface area contributed by atoms with Gasteiger partial charge in [-0.3, -0.25) is 9.59 Å². The summed E-state index contributed by atoms with van der Waals surface area (Å²) >= 11 is 12.7. The second-order valence-corrected chi connectivity index (χ2v) is 5.99. The lowest BCUT2D eigenvalue weighted by Crippen LogP contribution is -2.32. The van der Waals surface area contributed by atoms with E-state index in [-0.39, 0.29) is 22.5 Å². The molecule has 0 aliphatic rings. The molecule has 0 fully saturated rings. The molecule has 10 heteroatoms. The van der Waals surface area contributed by atoms with Gasteiger partial charge in [-0.15, -0.1) is 10.2 Å². The number of nitrogens with zero attached hydrogens (tertiary/aromatic N) is 3. The average molecular weight is 360 g/mol. The van der Waals surface area contributed by atoms with E-state index in [1.165, 1.54) is 13.0 Å². The van der Waals surface area contributed by atoms with Gasteiger partial charge in [0.05, 0.1) is 16.5 Å². The second kappa shape index (κ2) is 6.99. The van der Waals surface area contributed by atoms with Crippen LogP contribution in [0.3, 0.4) is 0 Å². The lowest BCUT2D eigenvalue weighted by atomic mass is 10.3. The Morgan fingerprint density at radius 1 is 1.41 bits per heavy atom. The van der Waals surface area contributed by atoms with Crippen molar-refractivity contribution in [2.75, 3.05) is 16.9 Å². The first kappa shape index (κ1) is 16.6. The van der Waals surface area contributed by atoms with E-state index in [4.69, 9.17) is 29.0 Å². The first-order chi connectivity index (χ1) is 10.4. The zero-order valence-corrected chi connectivity index (χ0v) is 13.7. The molecule has 1 aromatic carbocycles. The number of nitrogens with two attached hydrogens (primary N) is 1. The Morgan fingerprint density at radius 2 is 2.14 bits per heavy atom. The average Bonchev–Trinajstić information content (AvgIpc) is 2.47. The van der Waals surface area contributed by atoms with Crippen molar-refractivity contribution < 1.29 is 4.79 Å². The molecule has 0 saturated carbocycles. The summed E-state index contributed by atoms with van der Waals surface area (Å²) in [4.78, 5) is 23.5. The van der Waals surface area contributed by atoms with E-state index >= 15 is 0 Å². The molecule has 1 amide bonds. The number of thioether (sulfide) groups is 1. The minimum Gasteiger partial charge on any atom is -0.334 e. The molecule has 2 aromatic rings. The fourth-order valence-electron chi connectivity index (χ4n) is 1.48. The van der Waals surface area contributed by atoms with Crippen molar-refractivity contribution in [3.63, 3.8) is 0 Å². The lowest BCUT2D eigenvalue weighted by Gasteiger charge is -2.08. The highest BCUT2D eigenvalue weighted by Crippen LogP contribution is 2.25. The molecule has 0 spiro atoms. The summed E-state index contributed by atoms with van der Waals surface area (Å²) in [6, 6.07) is 4.73. The largest absolute Gasteiger partial charge is 0.334 e. The molecule has 7 nitrogen and oxygen atoms in total. The third-order valence-electron chi connectivity index (χ3n) is 2.56. The molecule has 0 unspecified atom stereocenters. The molecule has 116 valence electrons. The van der Waals surface area contributed by atoms with E-state index in [2.05, 4.69) is 15.5 Å². The zero-order valence-electron chi connectivity index (χ0n) is 11.3. The normalized spacial score (nSPS) is 10.5. The second-order valence-electron chi connectivity index (χ2n) is 4.20. The van der Waals surface area contributed by atoms with E-state index in [1.54, 1.807) is 12.1 Å². The highest BCUT2D eigenvalue weighted by Gasteiger charge is 2.11. The Morgan fingerprint density at radius 3 is 2.82 bits per heavy atom. The molecule has 3 N–H and O–H groups in total. The number of aromatic nitrogens is 3. The van der Waals surface area contributed by atoms with Gasteiger partial charge in [0.1, 0.15) is 5.69 Å². The van der Waals surface area contributed by atoms with Crippen molar-refractivity contribution in [3.05, 3.63) is 44.3 Å². The Balaban J connectivity index is 2.01. The van der Waals surface area contributed by atoms with Crippen LogP contribution in [-0.2, 0) is 4.79 Å². The van der Waals surface area contributed by atoms with Gasteiger partial charge in [-0.05, 0) is 25.1 Å². The van der Waals surface area contributed by atoms with Crippen LogP contribution >= 0.6 is 35.0 Å². The number of amides is 1. The van der Waals surface area contributed by atoms with Gasteiger partial charge < -0.3 is 11.2 Å².